The van der Waals surface area contributed by atoms with Crippen LogP contribution in [0.2, 0.25) is 5.02 Å². The Labute approximate surface area is 132 Å². The van der Waals surface area contributed by atoms with Gasteiger partial charge in [0.15, 0.2) is 0 Å². The number of benzene rings is 1. The molecule has 1 aromatic rings. The Balaban J connectivity index is 1.82. The summed E-state index contributed by atoms with van der Waals surface area (Å²) in [5, 5.41) is 3.84. The summed E-state index contributed by atoms with van der Waals surface area (Å²) < 4.78 is 0. The summed E-state index contributed by atoms with van der Waals surface area (Å²) >= 11 is 6.01. The number of nitrogens with zero attached hydrogens (tertiary/aromatic N) is 2. The molecule has 1 N–H and O–H groups in total. The molecule has 0 aliphatic carbocycles. The Kier molecular flexibility index (Phi) is 6.03. The van der Waals surface area contributed by atoms with Gasteiger partial charge in [0.1, 0.15) is 0 Å². The molecule has 1 fully saturated rings. The quantitative estimate of drug-likeness (QED) is 0.901. The lowest BCUT2D eigenvalue weighted by atomic mass is 10.1. The fourth-order valence-electron chi connectivity index (χ4n) is 2.73. The Morgan fingerprint density at radius 1 is 1.33 bits per heavy atom. The first-order chi connectivity index (χ1) is 10.1. The lowest BCUT2D eigenvalue weighted by Gasteiger charge is -2.36. The van der Waals surface area contributed by atoms with E-state index in [1.165, 1.54) is 5.56 Å². The molecular weight excluding hydrogens is 286 g/mol. The summed E-state index contributed by atoms with van der Waals surface area (Å²) in [7, 11) is 1.88. The summed E-state index contributed by atoms with van der Waals surface area (Å²) in [4.78, 5) is 16.6. The van der Waals surface area contributed by atoms with Crippen LogP contribution < -0.4 is 5.32 Å². The van der Waals surface area contributed by atoms with Gasteiger partial charge in [-0.25, -0.2) is 0 Å². The number of carbonyl (C=O) groups excluding carboxylic acids is 1. The van der Waals surface area contributed by atoms with Crippen molar-refractivity contribution < 1.29 is 4.79 Å². The fourth-order valence-corrected chi connectivity index (χ4v) is 2.94. The van der Waals surface area contributed by atoms with Gasteiger partial charge in [-0.1, -0.05) is 30.7 Å². The molecule has 116 valence electrons. The molecule has 1 aliphatic rings. The van der Waals surface area contributed by atoms with Crippen molar-refractivity contribution in [3.05, 3.63) is 34.9 Å². The summed E-state index contributed by atoms with van der Waals surface area (Å²) in [6.07, 6.45) is 0. The molecule has 1 aliphatic heterocycles. The molecular formula is C16H24ClN3O. The normalized spacial score (nSPS) is 17.8. The highest BCUT2D eigenvalue weighted by Crippen LogP contribution is 2.14. The van der Waals surface area contributed by atoms with E-state index >= 15 is 0 Å². The van der Waals surface area contributed by atoms with E-state index in [0.29, 0.717) is 0 Å². The maximum atomic E-state index is 12.2. The van der Waals surface area contributed by atoms with Gasteiger partial charge in [0, 0.05) is 50.2 Å². The number of rotatable bonds is 5. The first kappa shape index (κ1) is 16.3. The molecule has 1 aromatic carbocycles. The van der Waals surface area contributed by atoms with E-state index in [1.807, 2.05) is 37.1 Å². The largest absolute Gasteiger partial charge is 0.340 e. The third-order valence-corrected chi connectivity index (χ3v) is 4.15. The summed E-state index contributed by atoms with van der Waals surface area (Å²) in [5.41, 5.74) is 1.23. The van der Waals surface area contributed by atoms with Crippen molar-refractivity contribution >= 4 is 17.5 Å². The SMILES string of the molecule is CNCC(C)C(=O)N1CCN(Cc2cccc(Cl)c2)CC1. The number of piperazine rings is 1. The van der Waals surface area contributed by atoms with Crippen molar-refractivity contribution in [2.75, 3.05) is 39.8 Å². The number of hydrogen-bond acceptors (Lipinski definition) is 3. The number of amides is 1. The van der Waals surface area contributed by atoms with Crippen LogP contribution >= 0.6 is 11.6 Å². The fraction of sp³-hybridized carbons (Fsp3) is 0.562. The molecule has 0 bridgehead atoms. The van der Waals surface area contributed by atoms with E-state index in [2.05, 4.69) is 16.3 Å². The number of halogens is 1. The molecule has 0 spiro atoms. The van der Waals surface area contributed by atoms with E-state index in [1.54, 1.807) is 0 Å². The highest BCUT2D eigenvalue weighted by molar-refractivity contribution is 6.30. The lowest BCUT2D eigenvalue weighted by Crippen LogP contribution is -2.50. The van der Waals surface area contributed by atoms with Crippen molar-refractivity contribution in [3.8, 4) is 0 Å². The topological polar surface area (TPSA) is 35.6 Å². The molecule has 1 unspecified atom stereocenters. The smallest absolute Gasteiger partial charge is 0.226 e. The summed E-state index contributed by atoms with van der Waals surface area (Å²) in [6, 6.07) is 7.98. The number of hydrogen-bond donors (Lipinski definition) is 1. The van der Waals surface area contributed by atoms with Crippen LogP contribution in [-0.4, -0.2) is 55.5 Å². The van der Waals surface area contributed by atoms with Crippen molar-refractivity contribution in [1.82, 2.24) is 15.1 Å². The monoisotopic (exact) mass is 309 g/mol. The molecule has 1 amide bonds. The summed E-state index contributed by atoms with van der Waals surface area (Å²) in [5.74, 6) is 0.307. The minimum atomic E-state index is 0.0504. The second-order valence-electron chi connectivity index (χ2n) is 5.69. The standard InChI is InChI=1S/C16H24ClN3O/c1-13(11-18-2)16(21)20-8-6-19(7-9-20)12-14-4-3-5-15(17)10-14/h3-5,10,13,18H,6-9,11-12H2,1-2H3. The van der Waals surface area contributed by atoms with Gasteiger partial charge in [-0.2, -0.15) is 0 Å². The average Bonchev–Trinajstić information content (AvgIpc) is 2.47. The van der Waals surface area contributed by atoms with Gasteiger partial charge in [0.2, 0.25) is 5.91 Å². The Morgan fingerprint density at radius 2 is 2.05 bits per heavy atom. The molecule has 4 nitrogen and oxygen atoms in total. The number of carbonyl (C=O) groups is 1. The minimum Gasteiger partial charge on any atom is -0.340 e. The third-order valence-electron chi connectivity index (χ3n) is 3.91. The van der Waals surface area contributed by atoms with Crippen LogP contribution in [0.3, 0.4) is 0 Å². The van der Waals surface area contributed by atoms with Gasteiger partial charge in [-0.3, -0.25) is 9.69 Å². The van der Waals surface area contributed by atoms with Gasteiger partial charge in [-0.05, 0) is 24.7 Å². The molecule has 2 rings (SSSR count). The lowest BCUT2D eigenvalue weighted by molar-refractivity contribution is -0.136. The van der Waals surface area contributed by atoms with E-state index in [4.69, 9.17) is 11.6 Å². The van der Waals surface area contributed by atoms with E-state index in [0.717, 1.165) is 44.3 Å². The molecule has 1 atom stereocenters. The molecule has 5 heteroatoms. The van der Waals surface area contributed by atoms with Crippen molar-refractivity contribution in [1.29, 1.82) is 0 Å². The van der Waals surface area contributed by atoms with Crippen LogP contribution in [0.4, 0.5) is 0 Å². The zero-order valence-electron chi connectivity index (χ0n) is 12.8. The van der Waals surface area contributed by atoms with Gasteiger partial charge in [0.25, 0.3) is 0 Å². The van der Waals surface area contributed by atoms with Gasteiger partial charge in [-0.15, -0.1) is 0 Å². The first-order valence-electron chi connectivity index (χ1n) is 7.50. The van der Waals surface area contributed by atoms with E-state index in [9.17, 15) is 4.79 Å². The molecule has 1 heterocycles. The molecule has 0 aromatic heterocycles. The van der Waals surface area contributed by atoms with Crippen LogP contribution in [0.5, 0.6) is 0 Å². The predicted molar refractivity (Wildman–Crippen MR) is 86.4 cm³/mol. The second kappa shape index (κ2) is 7.78. The van der Waals surface area contributed by atoms with E-state index in [-0.39, 0.29) is 11.8 Å². The Bertz CT molecular complexity index is 472. The van der Waals surface area contributed by atoms with Crippen molar-refractivity contribution in [2.24, 2.45) is 5.92 Å². The molecule has 0 saturated carbocycles. The second-order valence-corrected chi connectivity index (χ2v) is 6.13. The first-order valence-corrected chi connectivity index (χ1v) is 7.88. The molecule has 21 heavy (non-hydrogen) atoms. The van der Waals surface area contributed by atoms with Crippen LogP contribution in [0.1, 0.15) is 12.5 Å². The molecule has 1 saturated heterocycles. The van der Waals surface area contributed by atoms with Gasteiger partial charge < -0.3 is 10.2 Å². The van der Waals surface area contributed by atoms with Crippen LogP contribution in [0.25, 0.3) is 0 Å². The van der Waals surface area contributed by atoms with Crippen molar-refractivity contribution in [2.45, 2.75) is 13.5 Å². The van der Waals surface area contributed by atoms with Gasteiger partial charge >= 0.3 is 0 Å². The summed E-state index contributed by atoms with van der Waals surface area (Å²) in [6.45, 7) is 7.09. The van der Waals surface area contributed by atoms with Crippen molar-refractivity contribution in [3.63, 3.8) is 0 Å². The maximum absolute atomic E-state index is 12.2. The number of nitrogens with one attached hydrogen (secondary N) is 1. The minimum absolute atomic E-state index is 0.0504. The Hall–Kier alpha value is -1.10. The average molecular weight is 310 g/mol. The van der Waals surface area contributed by atoms with E-state index < -0.39 is 0 Å². The van der Waals surface area contributed by atoms with Crippen LogP contribution in [0, 0.1) is 5.92 Å². The van der Waals surface area contributed by atoms with Crippen LogP contribution in [0.15, 0.2) is 24.3 Å². The Morgan fingerprint density at radius 3 is 2.67 bits per heavy atom. The van der Waals surface area contributed by atoms with Gasteiger partial charge in [0.05, 0.1) is 0 Å². The highest BCUT2D eigenvalue weighted by atomic mass is 35.5. The maximum Gasteiger partial charge on any atom is 0.226 e. The predicted octanol–water partition coefficient (Wildman–Crippen LogP) is 1.84. The zero-order chi connectivity index (χ0) is 15.2. The highest BCUT2D eigenvalue weighted by Gasteiger charge is 2.24. The third kappa shape index (κ3) is 4.70. The zero-order valence-corrected chi connectivity index (χ0v) is 13.6. The molecule has 0 radical (unpaired) electrons. The van der Waals surface area contributed by atoms with Crippen LogP contribution in [-0.2, 0) is 11.3 Å².